The molecule has 0 aliphatic heterocycles. The van der Waals surface area contributed by atoms with Gasteiger partial charge in [-0.3, -0.25) is 4.79 Å². The molecule has 0 saturated carbocycles. The van der Waals surface area contributed by atoms with Gasteiger partial charge in [-0.15, -0.1) is 0 Å². The minimum Gasteiger partial charge on any atom is -0.483 e. The molecular formula is C24H26N2O2. The third-order valence-corrected chi connectivity index (χ3v) is 4.40. The summed E-state index contributed by atoms with van der Waals surface area (Å²) in [4.78, 5) is 12.5. The Bertz CT molecular complexity index is 936. The summed E-state index contributed by atoms with van der Waals surface area (Å²) in [7, 11) is 0. The number of ether oxygens (including phenoxy) is 1. The number of benzene rings is 3. The SMILES string of the molecule is Cc1ccc(C(C)C)c(OCC(=O)Nc2ccccc2Nc2ccccc2)c1. The van der Waals surface area contributed by atoms with Gasteiger partial charge in [0.1, 0.15) is 5.75 Å². The number of hydrogen-bond donors (Lipinski definition) is 2. The lowest BCUT2D eigenvalue weighted by molar-refractivity contribution is -0.118. The van der Waals surface area contributed by atoms with Crippen LogP contribution in [0.3, 0.4) is 0 Å². The van der Waals surface area contributed by atoms with Gasteiger partial charge in [-0.2, -0.15) is 0 Å². The molecule has 0 saturated heterocycles. The highest BCUT2D eigenvalue weighted by atomic mass is 16.5. The first-order valence-corrected chi connectivity index (χ1v) is 9.47. The third kappa shape index (κ3) is 5.13. The summed E-state index contributed by atoms with van der Waals surface area (Å²) in [6, 6.07) is 23.6. The van der Waals surface area contributed by atoms with Gasteiger partial charge in [0.25, 0.3) is 5.91 Å². The van der Waals surface area contributed by atoms with Gasteiger partial charge in [0.05, 0.1) is 11.4 Å². The smallest absolute Gasteiger partial charge is 0.262 e. The van der Waals surface area contributed by atoms with E-state index in [9.17, 15) is 4.79 Å². The first-order chi connectivity index (χ1) is 13.5. The van der Waals surface area contributed by atoms with Crippen molar-refractivity contribution in [3.05, 3.63) is 83.9 Å². The highest BCUT2D eigenvalue weighted by Crippen LogP contribution is 2.28. The zero-order valence-electron chi connectivity index (χ0n) is 16.5. The summed E-state index contributed by atoms with van der Waals surface area (Å²) in [5.74, 6) is 0.897. The molecule has 0 radical (unpaired) electrons. The van der Waals surface area contributed by atoms with E-state index in [1.807, 2.05) is 67.6 Å². The van der Waals surface area contributed by atoms with E-state index in [1.165, 1.54) is 0 Å². The fraction of sp³-hybridized carbons (Fsp3) is 0.208. The second kappa shape index (κ2) is 9.09. The molecule has 3 rings (SSSR count). The van der Waals surface area contributed by atoms with Crippen LogP contribution in [0.4, 0.5) is 17.1 Å². The number of hydrogen-bond acceptors (Lipinski definition) is 3. The van der Waals surface area contributed by atoms with E-state index >= 15 is 0 Å². The molecule has 3 aromatic carbocycles. The summed E-state index contributed by atoms with van der Waals surface area (Å²) >= 11 is 0. The maximum atomic E-state index is 12.5. The molecule has 0 aliphatic rings. The molecule has 144 valence electrons. The lowest BCUT2D eigenvalue weighted by Crippen LogP contribution is -2.21. The number of nitrogens with one attached hydrogen (secondary N) is 2. The second-order valence-corrected chi connectivity index (χ2v) is 7.07. The van der Waals surface area contributed by atoms with Crippen LogP contribution in [0.25, 0.3) is 0 Å². The van der Waals surface area contributed by atoms with Gasteiger partial charge in [-0.1, -0.05) is 56.3 Å². The zero-order chi connectivity index (χ0) is 19.9. The molecule has 3 aromatic rings. The maximum absolute atomic E-state index is 12.5. The molecule has 0 bridgehead atoms. The predicted octanol–water partition coefficient (Wildman–Crippen LogP) is 5.88. The minimum absolute atomic E-state index is 0.0388. The van der Waals surface area contributed by atoms with Gasteiger partial charge in [-0.05, 0) is 54.3 Å². The van der Waals surface area contributed by atoms with Crippen molar-refractivity contribution in [1.82, 2.24) is 0 Å². The van der Waals surface area contributed by atoms with E-state index in [0.717, 1.165) is 28.3 Å². The van der Waals surface area contributed by atoms with E-state index in [4.69, 9.17) is 4.74 Å². The Labute approximate surface area is 166 Å². The molecule has 0 fully saturated rings. The van der Waals surface area contributed by atoms with E-state index < -0.39 is 0 Å². The van der Waals surface area contributed by atoms with E-state index in [1.54, 1.807) is 0 Å². The quantitative estimate of drug-likeness (QED) is 0.543. The van der Waals surface area contributed by atoms with E-state index in [0.29, 0.717) is 11.6 Å². The van der Waals surface area contributed by atoms with Crippen molar-refractivity contribution in [2.75, 3.05) is 17.2 Å². The van der Waals surface area contributed by atoms with Crippen molar-refractivity contribution in [3.8, 4) is 5.75 Å². The molecule has 0 heterocycles. The van der Waals surface area contributed by atoms with Gasteiger partial charge in [0.15, 0.2) is 6.61 Å². The van der Waals surface area contributed by atoms with Crippen LogP contribution >= 0.6 is 0 Å². The Balaban J connectivity index is 1.67. The molecule has 0 spiro atoms. The predicted molar refractivity (Wildman–Crippen MR) is 116 cm³/mol. The van der Waals surface area contributed by atoms with Gasteiger partial charge < -0.3 is 15.4 Å². The van der Waals surface area contributed by atoms with E-state index in [-0.39, 0.29) is 12.5 Å². The minimum atomic E-state index is -0.196. The molecular weight excluding hydrogens is 348 g/mol. The number of rotatable bonds is 7. The first-order valence-electron chi connectivity index (χ1n) is 9.47. The van der Waals surface area contributed by atoms with Gasteiger partial charge >= 0.3 is 0 Å². The van der Waals surface area contributed by atoms with Crippen molar-refractivity contribution in [2.24, 2.45) is 0 Å². The Morgan fingerprint density at radius 3 is 2.32 bits per heavy atom. The highest BCUT2D eigenvalue weighted by molar-refractivity contribution is 5.95. The zero-order valence-corrected chi connectivity index (χ0v) is 16.5. The molecule has 0 aromatic heterocycles. The topological polar surface area (TPSA) is 50.4 Å². The summed E-state index contributed by atoms with van der Waals surface area (Å²) in [5.41, 5.74) is 4.72. The van der Waals surface area contributed by atoms with Crippen molar-refractivity contribution < 1.29 is 9.53 Å². The van der Waals surface area contributed by atoms with Crippen LogP contribution in [0.5, 0.6) is 5.75 Å². The van der Waals surface area contributed by atoms with Crippen LogP contribution in [0.15, 0.2) is 72.8 Å². The van der Waals surface area contributed by atoms with Crippen LogP contribution in [0.2, 0.25) is 0 Å². The molecule has 28 heavy (non-hydrogen) atoms. The Morgan fingerprint density at radius 2 is 1.61 bits per heavy atom. The third-order valence-electron chi connectivity index (χ3n) is 4.40. The molecule has 0 unspecified atom stereocenters. The molecule has 1 amide bonds. The fourth-order valence-electron chi connectivity index (χ4n) is 2.95. The largest absolute Gasteiger partial charge is 0.483 e. The van der Waals surface area contributed by atoms with Crippen LogP contribution in [0.1, 0.15) is 30.9 Å². The monoisotopic (exact) mass is 374 g/mol. The van der Waals surface area contributed by atoms with Crippen LogP contribution < -0.4 is 15.4 Å². The Hall–Kier alpha value is -3.27. The Morgan fingerprint density at radius 1 is 0.929 bits per heavy atom. The van der Waals surface area contributed by atoms with Gasteiger partial charge in [0, 0.05) is 5.69 Å². The van der Waals surface area contributed by atoms with Gasteiger partial charge in [0.2, 0.25) is 0 Å². The first kappa shape index (κ1) is 19.5. The Kier molecular flexibility index (Phi) is 6.33. The van der Waals surface area contributed by atoms with Crippen molar-refractivity contribution >= 4 is 23.0 Å². The molecule has 4 nitrogen and oxygen atoms in total. The summed E-state index contributed by atoms with van der Waals surface area (Å²) < 4.78 is 5.84. The lowest BCUT2D eigenvalue weighted by atomic mass is 10.0. The number of para-hydroxylation sites is 3. The lowest BCUT2D eigenvalue weighted by Gasteiger charge is -2.16. The van der Waals surface area contributed by atoms with E-state index in [2.05, 4.69) is 36.6 Å². The molecule has 0 atom stereocenters. The molecule has 4 heteroatoms. The summed E-state index contributed by atoms with van der Waals surface area (Å²) in [6.07, 6.45) is 0. The standard InChI is InChI=1S/C24H26N2O2/c1-17(2)20-14-13-18(3)15-23(20)28-16-24(27)26-22-12-8-7-11-21(22)25-19-9-5-4-6-10-19/h4-15,17,25H,16H2,1-3H3,(H,26,27). The summed E-state index contributed by atoms with van der Waals surface area (Å²) in [5, 5.41) is 6.27. The van der Waals surface area contributed by atoms with Crippen LogP contribution in [-0.2, 0) is 4.79 Å². The summed E-state index contributed by atoms with van der Waals surface area (Å²) in [6.45, 7) is 6.21. The number of carbonyl (C=O) groups excluding carboxylic acids is 1. The number of amides is 1. The number of carbonyl (C=O) groups is 1. The van der Waals surface area contributed by atoms with Gasteiger partial charge in [-0.25, -0.2) is 0 Å². The van der Waals surface area contributed by atoms with Crippen molar-refractivity contribution in [1.29, 1.82) is 0 Å². The van der Waals surface area contributed by atoms with Crippen molar-refractivity contribution in [3.63, 3.8) is 0 Å². The fourth-order valence-corrected chi connectivity index (χ4v) is 2.95. The van der Waals surface area contributed by atoms with Crippen LogP contribution in [0, 0.1) is 6.92 Å². The molecule has 0 aliphatic carbocycles. The second-order valence-electron chi connectivity index (χ2n) is 7.07. The normalized spacial score (nSPS) is 10.6. The molecule has 2 N–H and O–H groups in total. The average molecular weight is 374 g/mol. The number of anilines is 3. The van der Waals surface area contributed by atoms with Crippen molar-refractivity contribution in [2.45, 2.75) is 26.7 Å². The maximum Gasteiger partial charge on any atom is 0.262 e. The van der Waals surface area contributed by atoms with Crippen LogP contribution in [-0.4, -0.2) is 12.5 Å². The average Bonchev–Trinajstić information content (AvgIpc) is 2.68. The number of aryl methyl sites for hydroxylation is 1. The highest BCUT2D eigenvalue weighted by Gasteiger charge is 2.12.